The molecule has 0 atom stereocenters. The van der Waals surface area contributed by atoms with Crippen molar-refractivity contribution in [2.75, 3.05) is 13.1 Å². The van der Waals surface area contributed by atoms with Gasteiger partial charge in [0.15, 0.2) is 0 Å². The molecule has 1 fully saturated rings. The fourth-order valence-electron chi connectivity index (χ4n) is 3.90. The van der Waals surface area contributed by atoms with Crippen LogP contribution in [-0.4, -0.2) is 36.7 Å². The number of piperidine rings is 1. The molecule has 0 unspecified atom stereocenters. The van der Waals surface area contributed by atoms with Crippen LogP contribution in [0.1, 0.15) is 42.0 Å². The van der Waals surface area contributed by atoms with Gasteiger partial charge < -0.3 is 9.97 Å². The molecule has 0 amide bonds. The molecular formula is C25H24N5RuZn. The van der Waals surface area contributed by atoms with Crippen molar-refractivity contribution in [3.05, 3.63) is 71.3 Å². The Kier molecular flexibility index (Phi) is 7.62. The maximum absolute atomic E-state index is 4.63. The van der Waals surface area contributed by atoms with Gasteiger partial charge in [-0.15, -0.1) is 0 Å². The fraction of sp³-hybridized carbons (Fsp3) is 0.200. The van der Waals surface area contributed by atoms with E-state index in [0.29, 0.717) is 0 Å². The van der Waals surface area contributed by atoms with Gasteiger partial charge in [-0.05, 0) is 72.8 Å². The van der Waals surface area contributed by atoms with Crippen LogP contribution in [0, 0.1) is 0 Å². The minimum absolute atomic E-state index is 0. The second-order valence-corrected chi connectivity index (χ2v) is 9.96. The first-order valence-electron chi connectivity index (χ1n) is 10.8. The Bertz CT molecular complexity index is 1120. The number of fused-ring (bicyclic) bond motifs is 8. The zero-order valence-electron chi connectivity index (χ0n) is 17.9. The van der Waals surface area contributed by atoms with Gasteiger partial charge in [-0.2, -0.15) is 0 Å². The summed E-state index contributed by atoms with van der Waals surface area (Å²) in [6.45, 7) is 2.75. The standard InChI is InChI=1S/C20H14N4.C5H10N.Ru.Zn/c1-2-14-10-16-5-6-18(23-16)12-20-8-7-19(24-20)11-17-4-3-15(22-17)9-13(1)21-14;1-2-4-6-5-3-1;;/h1-12,21,24H;1-5H2;;/q;-1;;+1. The fourth-order valence-corrected chi connectivity index (χ4v) is 4.84. The van der Waals surface area contributed by atoms with Gasteiger partial charge in [0.2, 0.25) is 0 Å². The molecular weight excluding hydrogens is 537 g/mol. The van der Waals surface area contributed by atoms with E-state index in [-0.39, 0.29) is 19.5 Å². The second-order valence-electron chi connectivity index (χ2n) is 8.08. The molecule has 3 aliphatic rings. The molecule has 32 heavy (non-hydrogen) atoms. The summed E-state index contributed by atoms with van der Waals surface area (Å²) in [7, 11) is 0. The Balaban J connectivity index is 0.000000265. The summed E-state index contributed by atoms with van der Waals surface area (Å²) in [6, 6.07) is 16.4. The summed E-state index contributed by atoms with van der Waals surface area (Å²) in [5, 5.41) is 0. The van der Waals surface area contributed by atoms with E-state index in [1.165, 1.54) is 50.9 Å². The van der Waals surface area contributed by atoms with Crippen molar-refractivity contribution in [2.24, 2.45) is 0 Å². The van der Waals surface area contributed by atoms with Gasteiger partial charge in [0, 0.05) is 41.5 Å². The van der Waals surface area contributed by atoms with Crippen molar-refractivity contribution in [3.8, 4) is 0 Å². The Morgan fingerprint density at radius 2 is 0.938 bits per heavy atom. The number of H-pyrrole nitrogens is 2. The normalized spacial score (nSPS) is 15.1. The van der Waals surface area contributed by atoms with E-state index in [0.717, 1.165) is 44.8 Å². The van der Waals surface area contributed by atoms with Crippen molar-refractivity contribution in [2.45, 2.75) is 19.3 Å². The molecule has 2 N–H and O–H groups in total. The molecule has 3 aromatic heterocycles. The molecule has 0 saturated carbocycles. The monoisotopic (exact) mass is 560 g/mol. The summed E-state index contributed by atoms with van der Waals surface area (Å²) in [4.78, 5) is 16.0. The van der Waals surface area contributed by atoms with Gasteiger partial charge in [-0.3, -0.25) is 0 Å². The van der Waals surface area contributed by atoms with Crippen LogP contribution >= 0.6 is 0 Å². The number of rotatable bonds is 0. The predicted molar refractivity (Wildman–Crippen MR) is 124 cm³/mol. The second kappa shape index (κ2) is 10.6. The first kappa shape index (κ1) is 23.0. The van der Waals surface area contributed by atoms with E-state index in [4.69, 9.17) is 0 Å². The minimum atomic E-state index is 0. The predicted octanol–water partition coefficient (Wildman–Crippen LogP) is 5.59. The van der Waals surface area contributed by atoms with E-state index >= 15 is 0 Å². The van der Waals surface area contributed by atoms with Gasteiger partial charge in [0.25, 0.3) is 0 Å². The summed E-state index contributed by atoms with van der Waals surface area (Å²) in [6.07, 6.45) is 12.4. The summed E-state index contributed by atoms with van der Waals surface area (Å²) < 4.78 is 2.52. The first-order chi connectivity index (χ1) is 15.2. The number of aromatic nitrogens is 4. The Morgan fingerprint density at radius 3 is 1.22 bits per heavy atom. The van der Waals surface area contributed by atoms with Crippen LogP contribution in [0.25, 0.3) is 46.4 Å². The van der Waals surface area contributed by atoms with Crippen LogP contribution in [0.5, 0.6) is 0 Å². The summed E-state index contributed by atoms with van der Waals surface area (Å²) in [5.41, 5.74) is 7.86. The Hall–Kier alpha value is -2.19. The van der Waals surface area contributed by atoms with Gasteiger partial charge in [-0.1, -0.05) is 0 Å². The molecule has 3 aromatic rings. The quantitative estimate of drug-likeness (QED) is 0.243. The molecule has 8 bridgehead atoms. The maximum atomic E-state index is 4.63. The number of hydrogen-bond donors (Lipinski definition) is 2. The number of nitrogens with zero attached hydrogens (tertiary/aromatic N) is 3. The number of aromatic amines is 2. The van der Waals surface area contributed by atoms with E-state index < -0.39 is 0 Å². The third-order valence-corrected chi connectivity index (χ3v) is 6.82. The molecule has 0 aromatic carbocycles. The van der Waals surface area contributed by atoms with Crippen LogP contribution in [0.3, 0.4) is 0 Å². The van der Waals surface area contributed by atoms with E-state index in [2.05, 4.69) is 47.8 Å². The van der Waals surface area contributed by atoms with Crippen molar-refractivity contribution < 1.29 is 38.0 Å². The zero-order chi connectivity index (χ0) is 21.0. The third-order valence-electron chi connectivity index (χ3n) is 5.49. The van der Waals surface area contributed by atoms with Gasteiger partial charge in [0.1, 0.15) is 0 Å². The molecule has 1 saturated heterocycles. The SMILES string of the molecule is C1=Cc2cc3ccc(cc4nc(cc5ccc(cc1n2)[nH]5)C=C4)[nH]3.[Ru].[Zn][N]1CCCCC1. The van der Waals surface area contributed by atoms with E-state index in [1.807, 2.05) is 48.6 Å². The van der Waals surface area contributed by atoms with Crippen molar-refractivity contribution in [3.63, 3.8) is 0 Å². The van der Waals surface area contributed by atoms with Crippen molar-refractivity contribution in [1.82, 2.24) is 23.6 Å². The van der Waals surface area contributed by atoms with Gasteiger partial charge in [-0.25, -0.2) is 9.97 Å². The average Bonchev–Trinajstić information content (AvgIpc) is 3.55. The molecule has 0 aliphatic carbocycles. The van der Waals surface area contributed by atoms with Crippen LogP contribution in [0.2, 0.25) is 0 Å². The molecule has 3 aliphatic heterocycles. The molecule has 0 spiro atoms. The number of nitrogens with one attached hydrogen (secondary N) is 2. The topological polar surface area (TPSA) is 60.6 Å². The average molecular weight is 561 g/mol. The van der Waals surface area contributed by atoms with Crippen molar-refractivity contribution >= 4 is 46.4 Å². The van der Waals surface area contributed by atoms with E-state index in [9.17, 15) is 0 Å². The molecule has 159 valence electrons. The zero-order valence-corrected chi connectivity index (χ0v) is 22.6. The number of hydrogen-bond acceptors (Lipinski definition) is 3. The molecule has 5 nitrogen and oxygen atoms in total. The van der Waals surface area contributed by atoms with Crippen molar-refractivity contribution in [1.29, 1.82) is 0 Å². The first-order valence-corrected chi connectivity index (χ1v) is 12.1. The molecule has 6 heterocycles. The van der Waals surface area contributed by atoms with Gasteiger partial charge in [0.05, 0.1) is 22.8 Å². The molecule has 6 rings (SSSR count). The van der Waals surface area contributed by atoms with Crippen LogP contribution in [-0.2, 0) is 38.0 Å². The van der Waals surface area contributed by atoms with Gasteiger partial charge >= 0.3 is 54.5 Å². The van der Waals surface area contributed by atoms with Crippen LogP contribution in [0.4, 0.5) is 0 Å². The summed E-state index contributed by atoms with van der Waals surface area (Å²) in [5.74, 6) is 0. The molecule has 0 radical (unpaired) electrons. The summed E-state index contributed by atoms with van der Waals surface area (Å²) >= 11 is 1.38. The Morgan fingerprint density at radius 1 is 0.594 bits per heavy atom. The Labute approximate surface area is 210 Å². The van der Waals surface area contributed by atoms with Crippen LogP contribution < -0.4 is 0 Å². The molecule has 7 heteroatoms. The third kappa shape index (κ3) is 5.98. The van der Waals surface area contributed by atoms with E-state index in [1.54, 1.807) is 0 Å². The van der Waals surface area contributed by atoms with Crippen LogP contribution in [0.15, 0.2) is 48.5 Å².